The number of methoxy groups -OCH3 is 1. The molecule has 0 heterocycles. The van der Waals surface area contributed by atoms with E-state index in [-0.39, 0.29) is 25.1 Å². The van der Waals surface area contributed by atoms with Gasteiger partial charge in [0, 0.05) is 25.4 Å². The zero-order valence-corrected chi connectivity index (χ0v) is 10.6. The highest BCUT2D eigenvalue weighted by molar-refractivity contribution is 5.92. The van der Waals surface area contributed by atoms with Crippen molar-refractivity contribution in [3.63, 3.8) is 0 Å². The Morgan fingerprint density at radius 3 is 2.72 bits per heavy atom. The van der Waals surface area contributed by atoms with Crippen LogP contribution in [-0.4, -0.2) is 43.9 Å². The van der Waals surface area contributed by atoms with Crippen LogP contribution in [0.15, 0.2) is 30.3 Å². The maximum Gasteiger partial charge on any atom is 0.238 e. The van der Waals surface area contributed by atoms with Crippen molar-refractivity contribution in [3.05, 3.63) is 30.3 Å². The van der Waals surface area contributed by atoms with E-state index in [1.165, 1.54) is 0 Å². The summed E-state index contributed by atoms with van der Waals surface area (Å²) < 4.78 is 4.92. The lowest BCUT2D eigenvalue weighted by atomic mass is 10.2. The molecule has 0 radical (unpaired) electrons. The summed E-state index contributed by atoms with van der Waals surface area (Å²) in [5.74, 6) is -0.128. The SMILES string of the molecule is COCCC(CO)NCC(=O)Nc1ccccc1. The molecular formula is C13H20N2O3. The van der Waals surface area contributed by atoms with Gasteiger partial charge in [-0.05, 0) is 18.6 Å². The lowest BCUT2D eigenvalue weighted by Crippen LogP contribution is -2.39. The van der Waals surface area contributed by atoms with E-state index in [1.807, 2.05) is 30.3 Å². The van der Waals surface area contributed by atoms with Gasteiger partial charge in [-0.25, -0.2) is 0 Å². The summed E-state index contributed by atoms with van der Waals surface area (Å²) in [6.07, 6.45) is 0.672. The number of para-hydroxylation sites is 1. The Bertz CT molecular complexity index is 343. The van der Waals surface area contributed by atoms with Crippen LogP contribution in [0.1, 0.15) is 6.42 Å². The van der Waals surface area contributed by atoms with Gasteiger partial charge in [0.05, 0.1) is 13.2 Å². The van der Waals surface area contributed by atoms with Crippen LogP contribution >= 0.6 is 0 Å². The smallest absolute Gasteiger partial charge is 0.238 e. The third-order valence-electron chi connectivity index (χ3n) is 2.50. The molecule has 18 heavy (non-hydrogen) atoms. The van der Waals surface area contributed by atoms with Crippen LogP contribution in [0.4, 0.5) is 5.69 Å². The molecule has 0 aromatic heterocycles. The average molecular weight is 252 g/mol. The Balaban J connectivity index is 2.27. The van der Waals surface area contributed by atoms with Crippen LogP contribution in [0.3, 0.4) is 0 Å². The molecule has 1 unspecified atom stereocenters. The highest BCUT2D eigenvalue weighted by atomic mass is 16.5. The maximum absolute atomic E-state index is 11.6. The van der Waals surface area contributed by atoms with Gasteiger partial charge in [-0.1, -0.05) is 18.2 Å². The van der Waals surface area contributed by atoms with Gasteiger partial charge in [0.1, 0.15) is 0 Å². The zero-order valence-electron chi connectivity index (χ0n) is 10.6. The fourth-order valence-corrected chi connectivity index (χ4v) is 1.48. The van der Waals surface area contributed by atoms with Gasteiger partial charge < -0.3 is 20.5 Å². The van der Waals surface area contributed by atoms with Gasteiger partial charge in [-0.15, -0.1) is 0 Å². The van der Waals surface area contributed by atoms with E-state index >= 15 is 0 Å². The summed E-state index contributed by atoms with van der Waals surface area (Å²) in [6, 6.07) is 9.14. The molecule has 0 saturated heterocycles. The standard InChI is InChI=1S/C13H20N2O3/c1-18-8-7-12(10-16)14-9-13(17)15-11-5-3-2-4-6-11/h2-6,12,14,16H,7-10H2,1H3,(H,15,17). The number of amides is 1. The second-order valence-electron chi connectivity index (χ2n) is 3.96. The van der Waals surface area contributed by atoms with Crippen LogP contribution < -0.4 is 10.6 Å². The minimum absolute atomic E-state index is 0.0119. The van der Waals surface area contributed by atoms with E-state index in [9.17, 15) is 4.79 Å². The first-order valence-corrected chi connectivity index (χ1v) is 5.94. The minimum atomic E-state index is -0.128. The first kappa shape index (κ1) is 14.6. The average Bonchev–Trinajstić information content (AvgIpc) is 2.40. The monoisotopic (exact) mass is 252 g/mol. The van der Waals surface area contributed by atoms with Crippen LogP contribution in [-0.2, 0) is 9.53 Å². The van der Waals surface area contributed by atoms with Crippen LogP contribution in [0, 0.1) is 0 Å². The molecule has 0 aliphatic heterocycles. The van der Waals surface area contributed by atoms with Gasteiger partial charge >= 0.3 is 0 Å². The largest absolute Gasteiger partial charge is 0.395 e. The predicted octanol–water partition coefficient (Wildman–Crippen LogP) is 0.612. The highest BCUT2D eigenvalue weighted by Gasteiger charge is 2.09. The molecule has 0 bridgehead atoms. The summed E-state index contributed by atoms with van der Waals surface area (Å²) in [5, 5.41) is 14.9. The van der Waals surface area contributed by atoms with Crippen LogP contribution in [0.25, 0.3) is 0 Å². The summed E-state index contributed by atoms with van der Waals surface area (Å²) >= 11 is 0. The summed E-state index contributed by atoms with van der Waals surface area (Å²) in [4.78, 5) is 11.6. The number of rotatable bonds is 8. The van der Waals surface area contributed by atoms with Gasteiger partial charge in [-0.3, -0.25) is 4.79 Å². The first-order valence-electron chi connectivity index (χ1n) is 5.94. The van der Waals surface area contributed by atoms with Gasteiger partial charge in [0.25, 0.3) is 0 Å². The molecule has 0 fully saturated rings. The summed E-state index contributed by atoms with van der Waals surface area (Å²) in [6.45, 7) is 0.713. The fourth-order valence-electron chi connectivity index (χ4n) is 1.48. The van der Waals surface area contributed by atoms with E-state index in [1.54, 1.807) is 7.11 Å². The van der Waals surface area contributed by atoms with Crippen molar-refractivity contribution in [1.29, 1.82) is 0 Å². The Labute approximate surface area is 107 Å². The maximum atomic E-state index is 11.6. The summed E-state index contributed by atoms with van der Waals surface area (Å²) in [7, 11) is 1.61. The molecule has 100 valence electrons. The molecule has 5 nitrogen and oxygen atoms in total. The number of aliphatic hydroxyl groups is 1. The molecule has 0 aliphatic rings. The lowest BCUT2D eigenvalue weighted by Gasteiger charge is -2.15. The normalized spacial score (nSPS) is 12.1. The molecule has 1 atom stereocenters. The molecule has 5 heteroatoms. The zero-order chi connectivity index (χ0) is 13.2. The van der Waals surface area contributed by atoms with Crippen molar-refractivity contribution in [2.75, 3.05) is 32.2 Å². The highest BCUT2D eigenvalue weighted by Crippen LogP contribution is 2.04. The molecule has 1 aromatic carbocycles. The molecule has 0 aliphatic carbocycles. The van der Waals surface area contributed by atoms with Crippen molar-refractivity contribution in [2.45, 2.75) is 12.5 Å². The molecule has 1 rings (SSSR count). The number of carbonyl (C=O) groups is 1. The van der Waals surface area contributed by atoms with Gasteiger partial charge in [-0.2, -0.15) is 0 Å². The Morgan fingerprint density at radius 1 is 1.39 bits per heavy atom. The van der Waals surface area contributed by atoms with Crippen molar-refractivity contribution in [2.24, 2.45) is 0 Å². The lowest BCUT2D eigenvalue weighted by molar-refractivity contribution is -0.115. The Hall–Kier alpha value is -1.43. The topological polar surface area (TPSA) is 70.6 Å². The van der Waals surface area contributed by atoms with Crippen molar-refractivity contribution < 1.29 is 14.6 Å². The number of anilines is 1. The predicted molar refractivity (Wildman–Crippen MR) is 70.4 cm³/mol. The minimum Gasteiger partial charge on any atom is -0.395 e. The second kappa shape index (κ2) is 8.63. The first-order chi connectivity index (χ1) is 8.76. The van der Waals surface area contributed by atoms with E-state index in [0.29, 0.717) is 13.0 Å². The number of carbonyl (C=O) groups excluding carboxylic acids is 1. The molecule has 0 spiro atoms. The van der Waals surface area contributed by atoms with Crippen LogP contribution in [0.2, 0.25) is 0 Å². The molecule has 3 N–H and O–H groups in total. The van der Waals surface area contributed by atoms with Crippen molar-refractivity contribution >= 4 is 11.6 Å². The third kappa shape index (κ3) is 5.77. The summed E-state index contributed by atoms with van der Waals surface area (Å²) in [5.41, 5.74) is 0.765. The Kier molecular flexibility index (Phi) is 7.01. The molecular weight excluding hydrogens is 232 g/mol. The fraction of sp³-hybridized carbons (Fsp3) is 0.462. The number of hydrogen-bond donors (Lipinski definition) is 3. The van der Waals surface area contributed by atoms with Gasteiger partial charge in [0.15, 0.2) is 0 Å². The van der Waals surface area contributed by atoms with Crippen molar-refractivity contribution in [3.8, 4) is 0 Å². The molecule has 0 saturated carbocycles. The van der Waals surface area contributed by atoms with E-state index in [2.05, 4.69) is 10.6 Å². The van der Waals surface area contributed by atoms with Gasteiger partial charge in [0.2, 0.25) is 5.91 Å². The number of ether oxygens (including phenoxy) is 1. The van der Waals surface area contributed by atoms with Crippen molar-refractivity contribution in [1.82, 2.24) is 5.32 Å². The number of hydrogen-bond acceptors (Lipinski definition) is 4. The Morgan fingerprint density at radius 2 is 2.11 bits per heavy atom. The van der Waals surface area contributed by atoms with E-state index in [4.69, 9.17) is 9.84 Å². The second-order valence-corrected chi connectivity index (χ2v) is 3.96. The molecule has 1 aromatic rings. The number of nitrogens with one attached hydrogen (secondary N) is 2. The van der Waals surface area contributed by atoms with Crippen LogP contribution in [0.5, 0.6) is 0 Å². The van der Waals surface area contributed by atoms with E-state index in [0.717, 1.165) is 5.69 Å². The van der Waals surface area contributed by atoms with E-state index < -0.39 is 0 Å². The molecule has 1 amide bonds. The number of aliphatic hydroxyl groups excluding tert-OH is 1. The number of benzene rings is 1. The third-order valence-corrected chi connectivity index (χ3v) is 2.50. The quantitative estimate of drug-likeness (QED) is 0.634.